The number of hydrogen-bond acceptors (Lipinski definition) is 6. The number of sulfone groups is 1. The van der Waals surface area contributed by atoms with Gasteiger partial charge in [-0.05, 0) is 19.1 Å². The van der Waals surface area contributed by atoms with E-state index in [-0.39, 0.29) is 17.5 Å². The summed E-state index contributed by atoms with van der Waals surface area (Å²) in [5.41, 5.74) is 2.08. The van der Waals surface area contributed by atoms with E-state index in [0.717, 1.165) is 17.2 Å². The second-order valence-electron chi connectivity index (χ2n) is 4.30. The van der Waals surface area contributed by atoms with Crippen LogP contribution in [-0.2, 0) is 9.84 Å². The fourth-order valence-electron chi connectivity index (χ4n) is 1.75. The number of rotatable bonds is 5. The maximum Gasteiger partial charge on any atom is 0.152 e. The summed E-state index contributed by atoms with van der Waals surface area (Å²) in [6, 6.07) is 3.28. The van der Waals surface area contributed by atoms with Gasteiger partial charge in [-0.1, -0.05) is 18.5 Å². The first-order valence-corrected chi connectivity index (χ1v) is 8.73. The SMILES string of the molecule is CCS(=O)(=O)CC(C)Nc1c(Cl)ccc2nsnc12. The minimum Gasteiger partial charge on any atom is -0.379 e. The Morgan fingerprint density at radius 2 is 2.16 bits per heavy atom. The molecule has 0 radical (unpaired) electrons. The molecule has 0 aliphatic heterocycles. The van der Waals surface area contributed by atoms with Gasteiger partial charge in [-0.25, -0.2) is 8.42 Å². The molecule has 1 aromatic heterocycles. The molecule has 0 fully saturated rings. The van der Waals surface area contributed by atoms with Crippen LogP contribution in [0.4, 0.5) is 5.69 Å². The predicted octanol–water partition coefficient (Wildman–Crippen LogP) is 2.58. The van der Waals surface area contributed by atoms with Crippen molar-refractivity contribution < 1.29 is 8.42 Å². The highest BCUT2D eigenvalue weighted by Gasteiger charge is 2.17. The smallest absolute Gasteiger partial charge is 0.152 e. The fraction of sp³-hybridized carbons (Fsp3) is 0.455. The Labute approximate surface area is 121 Å². The number of anilines is 1. The first-order chi connectivity index (χ1) is 8.93. The third-order valence-electron chi connectivity index (χ3n) is 2.71. The lowest BCUT2D eigenvalue weighted by atomic mass is 10.2. The fourth-order valence-corrected chi connectivity index (χ4v) is 3.58. The number of fused-ring (bicyclic) bond motifs is 1. The summed E-state index contributed by atoms with van der Waals surface area (Å²) in [6.07, 6.45) is 0. The van der Waals surface area contributed by atoms with Gasteiger partial charge in [-0.2, -0.15) is 8.75 Å². The Hall–Kier alpha value is -0.920. The Balaban J connectivity index is 2.26. The van der Waals surface area contributed by atoms with Crippen molar-refractivity contribution in [3.8, 4) is 0 Å². The molecule has 1 N–H and O–H groups in total. The van der Waals surface area contributed by atoms with Crippen molar-refractivity contribution in [2.24, 2.45) is 0 Å². The summed E-state index contributed by atoms with van der Waals surface area (Å²) in [5.74, 6) is 0.197. The molecule has 2 aromatic rings. The molecule has 19 heavy (non-hydrogen) atoms. The van der Waals surface area contributed by atoms with Gasteiger partial charge in [0.25, 0.3) is 0 Å². The van der Waals surface area contributed by atoms with Crippen LogP contribution in [0.25, 0.3) is 11.0 Å². The Kier molecular flexibility index (Phi) is 4.27. The average Bonchev–Trinajstić information content (AvgIpc) is 2.80. The summed E-state index contributed by atoms with van der Waals surface area (Å²) >= 11 is 7.24. The zero-order chi connectivity index (χ0) is 14.0. The van der Waals surface area contributed by atoms with Gasteiger partial charge in [0.05, 0.1) is 28.2 Å². The van der Waals surface area contributed by atoms with Crippen LogP contribution in [0.15, 0.2) is 12.1 Å². The van der Waals surface area contributed by atoms with Crippen molar-refractivity contribution >= 4 is 49.9 Å². The minimum atomic E-state index is -3.03. The molecule has 8 heteroatoms. The van der Waals surface area contributed by atoms with Crippen LogP contribution in [0, 0.1) is 0 Å². The first kappa shape index (κ1) is 14.5. The van der Waals surface area contributed by atoms with E-state index in [1.807, 2.05) is 6.92 Å². The quantitative estimate of drug-likeness (QED) is 0.917. The molecule has 1 atom stereocenters. The normalized spacial score (nSPS) is 13.6. The van der Waals surface area contributed by atoms with Crippen LogP contribution in [-0.4, -0.2) is 34.7 Å². The molecule has 1 unspecified atom stereocenters. The van der Waals surface area contributed by atoms with E-state index in [1.54, 1.807) is 19.1 Å². The van der Waals surface area contributed by atoms with Gasteiger partial charge in [0.15, 0.2) is 9.84 Å². The second-order valence-corrected chi connectivity index (χ2v) is 7.63. The summed E-state index contributed by atoms with van der Waals surface area (Å²) < 4.78 is 31.5. The van der Waals surface area contributed by atoms with Crippen LogP contribution in [0.5, 0.6) is 0 Å². The molecule has 0 aliphatic carbocycles. The monoisotopic (exact) mass is 319 g/mol. The summed E-state index contributed by atoms with van der Waals surface area (Å²) in [4.78, 5) is 0. The molecule has 5 nitrogen and oxygen atoms in total. The Bertz CT molecular complexity index is 684. The highest BCUT2D eigenvalue weighted by molar-refractivity contribution is 7.91. The number of nitrogens with zero attached hydrogens (tertiary/aromatic N) is 2. The molecular weight excluding hydrogens is 306 g/mol. The molecule has 2 rings (SSSR count). The number of halogens is 1. The standard InChI is InChI=1S/C11H14ClN3O2S2/c1-3-19(16,17)6-7(2)13-10-8(12)4-5-9-11(10)15-18-14-9/h4-5,7,13H,3,6H2,1-2H3. The number of aromatic nitrogens is 2. The minimum absolute atomic E-state index is 0.0633. The van der Waals surface area contributed by atoms with Gasteiger partial charge in [0.1, 0.15) is 11.0 Å². The van der Waals surface area contributed by atoms with Gasteiger partial charge in [0, 0.05) is 11.8 Å². The van der Waals surface area contributed by atoms with E-state index in [4.69, 9.17) is 11.6 Å². The molecule has 0 aliphatic rings. The van der Waals surface area contributed by atoms with Crippen molar-refractivity contribution in [2.75, 3.05) is 16.8 Å². The van der Waals surface area contributed by atoms with E-state index in [0.29, 0.717) is 16.2 Å². The second kappa shape index (κ2) is 5.60. The third kappa shape index (κ3) is 3.34. The summed E-state index contributed by atoms with van der Waals surface area (Å²) in [6.45, 7) is 3.45. The maximum atomic E-state index is 11.6. The van der Waals surface area contributed by atoms with Crippen molar-refractivity contribution in [1.29, 1.82) is 0 Å². The van der Waals surface area contributed by atoms with Crippen molar-refractivity contribution in [2.45, 2.75) is 19.9 Å². The van der Waals surface area contributed by atoms with Gasteiger partial charge in [-0.3, -0.25) is 0 Å². The molecule has 1 heterocycles. The van der Waals surface area contributed by atoms with Gasteiger partial charge < -0.3 is 5.32 Å². The molecule has 1 aromatic carbocycles. The van der Waals surface area contributed by atoms with Crippen molar-refractivity contribution in [3.05, 3.63) is 17.2 Å². The van der Waals surface area contributed by atoms with E-state index < -0.39 is 9.84 Å². The van der Waals surface area contributed by atoms with Crippen LogP contribution in [0.2, 0.25) is 5.02 Å². The topological polar surface area (TPSA) is 72.0 Å². The first-order valence-electron chi connectivity index (χ1n) is 5.80. The highest BCUT2D eigenvalue weighted by Crippen LogP contribution is 2.30. The molecule has 0 spiro atoms. The predicted molar refractivity (Wildman–Crippen MR) is 79.8 cm³/mol. The average molecular weight is 320 g/mol. The van der Waals surface area contributed by atoms with Gasteiger partial charge in [-0.15, -0.1) is 0 Å². The van der Waals surface area contributed by atoms with Crippen LogP contribution in [0.3, 0.4) is 0 Å². The van der Waals surface area contributed by atoms with E-state index in [2.05, 4.69) is 14.1 Å². The highest BCUT2D eigenvalue weighted by atomic mass is 35.5. The molecule has 104 valence electrons. The van der Waals surface area contributed by atoms with Gasteiger partial charge in [0.2, 0.25) is 0 Å². The van der Waals surface area contributed by atoms with Crippen molar-refractivity contribution in [1.82, 2.24) is 8.75 Å². The van der Waals surface area contributed by atoms with E-state index >= 15 is 0 Å². The molecule has 0 bridgehead atoms. The number of nitrogens with one attached hydrogen (secondary N) is 1. The van der Waals surface area contributed by atoms with E-state index in [9.17, 15) is 8.42 Å². The summed E-state index contributed by atoms with van der Waals surface area (Å²) in [7, 11) is -3.03. The Morgan fingerprint density at radius 3 is 2.84 bits per heavy atom. The number of hydrogen-bond donors (Lipinski definition) is 1. The van der Waals surface area contributed by atoms with Crippen molar-refractivity contribution in [3.63, 3.8) is 0 Å². The van der Waals surface area contributed by atoms with Crippen LogP contribution < -0.4 is 5.32 Å². The zero-order valence-electron chi connectivity index (χ0n) is 10.6. The molecular formula is C11H14ClN3O2S2. The summed E-state index contributed by atoms with van der Waals surface area (Å²) in [5, 5.41) is 3.64. The van der Waals surface area contributed by atoms with Crippen LogP contribution in [0.1, 0.15) is 13.8 Å². The zero-order valence-corrected chi connectivity index (χ0v) is 12.9. The lowest BCUT2D eigenvalue weighted by Gasteiger charge is -2.16. The molecule has 0 amide bonds. The van der Waals surface area contributed by atoms with Gasteiger partial charge >= 0.3 is 0 Å². The lowest BCUT2D eigenvalue weighted by Crippen LogP contribution is -2.26. The lowest BCUT2D eigenvalue weighted by molar-refractivity contribution is 0.593. The maximum absolute atomic E-state index is 11.6. The number of benzene rings is 1. The largest absolute Gasteiger partial charge is 0.379 e. The van der Waals surface area contributed by atoms with Crippen LogP contribution >= 0.6 is 23.3 Å². The Morgan fingerprint density at radius 1 is 1.42 bits per heavy atom. The molecule has 0 saturated heterocycles. The third-order valence-corrected chi connectivity index (χ3v) is 5.46. The molecule has 0 saturated carbocycles. The van der Waals surface area contributed by atoms with E-state index in [1.165, 1.54) is 0 Å².